The third kappa shape index (κ3) is 1.60. The molecular formula is C8H6NO3. The molecule has 0 aliphatic rings. The second-order valence-corrected chi connectivity index (χ2v) is 2.04. The van der Waals surface area contributed by atoms with Gasteiger partial charge >= 0.3 is 12.5 Å². The molecule has 0 unspecified atom stereocenters. The maximum atomic E-state index is 10.4. The average Bonchev–Trinajstić information content (AvgIpc) is 2.07. The van der Waals surface area contributed by atoms with Crippen molar-refractivity contribution < 1.29 is 14.7 Å². The van der Waals surface area contributed by atoms with Crippen LogP contribution in [0, 0.1) is 0 Å². The zero-order valence-corrected chi connectivity index (χ0v) is 6.10. The van der Waals surface area contributed by atoms with E-state index in [1.54, 1.807) is 18.2 Å². The average molecular weight is 164 g/mol. The number of nitrogens with zero attached hydrogens (tertiary/aromatic N) is 1. The van der Waals surface area contributed by atoms with E-state index in [0.717, 1.165) is 0 Å². The van der Waals surface area contributed by atoms with Crippen molar-refractivity contribution in [3.8, 4) is 0 Å². The Morgan fingerprint density at radius 3 is 2.33 bits per heavy atom. The molecule has 0 aliphatic carbocycles. The first-order valence-electron chi connectivity index (χ1n) is 3.21. The summed E-state index contributed by atoms with van der Waals surface area (Å²) in [5.74, 6) is 0. The van der Waals surface area contributed by atoms with Gasteiger partial charge in [-0.1, -0.05) is 18.2 Å². The summed E-state index contributed by atoms with van der Waals surface area (Å²) < 4.78 is 0. The van der Waals surface area contributed by atoms with Gasteiger partial charge in [0.2, 0.25) is 0 Å². The highest BCUT2D eigenvalue weighted by Crippen LogP contribution is 2.10. The van der Waals surface area contributed by atoms with Gasteiger partial charge in [-0.05, 0) is 12.1 Å². The monoisotopic (exact) mass is 164 g/mol. The lowest BCUT2D eigenvalue weighted by Crippen LogP contribution is -2.26. The van der Waals surface area contributed by atoms with Crippen molar-refractivity contribution >= 4 is 18.2 Å². The predicted octanol–water partition coefficient (Wildman–Crippen LogP) is 1.24. The van der Waals surface area contributed by atoms with Crippen molar-refractivity contribution in [2.24, 2.45) is 0 Å². The standard InChI is InChI=1S/C8H6NO3/c10-6-9(8(11)12)7-4-2-1-3-5-7/h1-5H,(H,11,12). The second-order valence-electron chi connectivity index (χ2n) is 2.04. The summed E-state index contributed by atoms with van der Waals surface area (Å²) >= 11 is 0. The van der Waals surface area contributed by atoms with E-state index in [0.29, 0.717) is 10.6 Å². The Morgan fingerprint density at radius 1 is 1.33 bits per heavy atom. The molecule has 0 spiro atoms. The van der Waals surface area contributed by atoms with E-state index in [-0.39, 0.29) is 0 Å². The van der Waals surface area contributed by atoms with Gasteiger partial charge in [0.15, 0.2) is 0 Å². The van der Waals surface area contributed by atoms with Gasteiger partial charge in [0.1, 0.15) is 0 Å². The first kappa shape index (κ1) is 8.26. The predicted molar refractivity (Wildman–Crippen MR) is 42.6 cm³/mol. The van der Waals surface area contributed by atoms with Gasteiger partial charge in [0.25, 0.3) is 0 Å². The Hall–Kier alpha value is -1.84. The van der Waals surface area contributed by atoms with Gasteiger partial charge in [-0.25, -0.2) is 9.69 Å². The molecular weight excluding hydrogens is 158 g/mol. The Balaban J connectivity index is 2.95. The molecule has 0 saturated heterocycles. The maximum absolute atomic E-state index is 10.4. The fourth-order valence-corrected chi connectivity index (χ4v) is 0.779. The molecule has 0 atom stereocenters. The van der Waals surface area contributed by atoms with Crippen LogP contribution in [-0.4, -0.2) is 17.6 Å². The van der Waals surface area contributed by atoms with Gasteiger partial charge < -0.3 is 5.11 Å². The van der Waals surface area contributed by atoms with Crippen molar-refractivity contribution in [3.05, 3.63) is 30.3 Å². The summed E-state index contributed by atoms with van der Waals surface area (Å²) in [4.78, 5) is 21.0. The third-order valence-electron chi connectivity index (χ3n) is 1.30. The van der Waals surface area contributed by atoms with E-state index in [2.05, 4.69) is 0 Å². The molecule has 4 nitrogen and oxygen atoms in total. The van der Waals surface area contributed by atoms with Crippen molar-refractivity contribution in [1.82, 2.24) is 0 Å². The lowest BCUT2D eigenvalue weighted by molar-refractivity contribution is 0.205. The number of amides is 2. The molecule has 0 aromatic heterocycles. The van der Waals surface area contributed by atoms with E-state index in [9.17, 15) is 9.59 Å². The highest BCUT2D eigenvalue weighted by atomic mass is 16.4. The van der Waals surface area contributed by atoms with Crippen molar-refractivity contribution in [3.63, 3.8) is 0 Å². The van der Waals surface area contributed by atoms with Crippen LogP contribution in [0.25, 0.3) is 0 Å². The number of anilines is 1. The largest absolute Gasteiger partial charge is 0.464 e. The molecule has 1 N–H and O–H groups in total. The number of carboxylic acid groups (broad SMARTS) is 1. The summed E-state index contributed by atoms with van der Waals surface area (Å²) in [6.45, 7) is 0. The Kier molecular flexibility index (Phi) is 2.42. The summed E-state index contributed by atoms with van der Waals surface area (Å²) in [5, 5.41) is 8.49. The zero-order chi connectivity index (χ0) is 8.97. The van der Waals surface area contributed by atoms with E-state index in [1.807, 2.05) is 0 Å². The molecule has 1 radical (unpaired) electrons. The summed E-state index contributed by atoms with van der Waals surface area (Å²) in [6, 6.07) is 8.04. The minimum Gasteiger partial charge on any atom is -0.464 e. The molecule has 2 amide bonds. The third-order valence-corrected chi connectivity index (χ3v) is 1.30. The fraction of sp³-hybridized carbons (Fsp3) is 0. The molecule has 0 saturated carbocycles. The number of para-hydroxylation sites is 1. The van der Waals surface area contributed by atoms with E-state index in [1.165, 1.54) is 18.5 Å². The smallest absolute Gasteiger partial charge is 0.419 e. The van der Waals surface area contributed by atoms with Crippen LogP contribution in [0.15, 0.2) is 30.3 Å². The first-order valence-corrected chi connectivity index (χ1v) is 3.21. The van der Waals surface area contributed by atoms with Crippen LogP contribution in [-0.2, 0) is 4.79 Å². The number of benzene rings is 1. The van der Waals surface area contributed by atoms with Gasteiger partial charge in [0.05, 0.1) is 5.69 Å². The highest BCUT2D eigenvalue weighted by molar-refractivity contribution is 6.02. The van der Waals surface area contributed by atoms with Crippen LogP contribution in [0.5, 0.6) is 0 Å². The lowest BCUT2D eigenvalue weighted by atomic mass is 10.3. The summed E-state index contributed by atoms with van der Waals surface area (Å²) in [6.07, 6.45) is -0.0353. The first-order chi connectivity index (χ1) is 5.75. The Bertz CT molecular complexity index is 284. The van der Waals surface area contributed by atoms with Gasteiger partial charge in [-0.15, -0.1) is 0 Å². The van der Waals surface area contributed by atoms with Gasteiger partial charge in [-0.2, -0.15) is 0 Å². The number of rotatable bonds is 2. The minimum atomic E-state index is -1.34. The molecule has 1 aromatic rings. The van der Waals surface area contributed by atoms with Crippen molar-refractivity contribution in [1.29, 1.82) is 0 Å². The molecule has 1 rings (SSSR count). The molecule has 1 aromatic carbocycles. The molecule has 61 valence electrons. The highest BCUT2D eigenvalue weighted by Gasteiger charge is 2.12. The minimum absolute atomic E-state index is 0.292. The van der Waals surface area contributed by atoms with Gasteiger partial charge in [0, 0.05) is 0 Å². The van der Waals surface area contributed by atoms with Crippen LogP contribution < -0.4 is 4.90 Å². The molecule has 0 heterocycles. The van der Waals surface area contributed by atoms with E-state index < -0.39 is 6.09 Å². The fourth-order valence-electron chi connectivity index (χ4n) is 0.779. The number of carbonyl (C=O) groups excluding carboxylic acids is 1. The van der Waals surface area contributed by atoms with Crippen molar-refractivity contribution in [2.45, 2.75) is 0 Å². The summed E-state index contributed by atoms with van der Waals surface area (Å²) in [7, 11) is 0. The number of imide groups is 1. The zero-order valence-electron chi connectivity index (χ0n) is 6.10. The topological polar surface area (TPSA) is 57.6 Å². The van der Waals surface area contributed by atoms with Crippen LogP contribution >= 0.6 is 0 Å². The molecule has 0 aliphatic heterocycles. The van der Waals surface area contributed by atoms with Crippen LogP contribution in [0.1, 0.15) is 0 Å². The SMILES string of the molecule is O=[C]N(C(=O)O)c1ccccc1. The quantitative estimate of drug-likeness (QED) is 0.669. The molecule has 0 bridgehead atoms. The second kappa shape index (κ2) is 3.52. The molecule has 0 fully saturated rings. The normalized spacial score (nSPS) is 9.00. The number of carbonyl (C=O) groups is 1. The number of hydrogen-bond donors (Lipinski definition) is 1. The lowest BCUT2D eigenvalue weighted by Gasteiger charge is -2.08. The summed E-state index contributed by atoms with van der Waals surface area (Å²) in [5.41, 5.74) is 0.292. The van der Waals surface area contributed by atoms with Crippen LogP contribution in [0.4, 0.5) is 10.5 Å². The van der Waals surface area contributed by atoms with Gasteiger partial charge in [-0.3, -0.25) is 4.79 Å². The van der Waals surface area contributed by atoms with Crippen molar-refractivity contribution in [2.75, 3.05) is 4.90 Å². The number of hydrogen-bond acceptors (Lipinski definition) is 2. The molecule has 4 heteroatoms. The van der Waals surface area contributed by atoms with Crippen LogP contribution in [0.3, 0.4) is 0 Å². The molecule has 12 heavy (non-hydrogen) atoms. The van der Waals surface area contributed by atoms with Crippen LogP contribution in [0.2, 0.25) is 0 Å². The van der Waals surface area contributed by atoms with E-state index >= 15 is 0 Å². The Labute approximate surface area is 69.0 Å². The van der Waals surface area contributed by atoms with E-state index in [4.69, 9.17) is 5.11 Å². The Morgan fingerprint density at radius 2 is 1.92 bits per heavy atom. The maximum Gasteiger partial charge on any atom is 0.419 e.